The van der Waals surface area contributed by atoms with E-state index in [1.54, 1.807) is 29.8 Å². The molecule has 1 heterocycles. The Bertz CT molecular complexity index is 654. The topological polar surface area (TPSA) is 71.1 Å². The second-order valence-corrected chi connectivity index (χ2v) is 6.87. The van der Waals surface area contributed by atoms with Crippen molar-refractivity contribution in [1.82, 2.24) is 10.3 Å². The lowest BCUT2D eigenvalue weighted by molar-refractivity contribution is 0.592. The molecule has 0 aliphatic rings. The Kier molecular flexibility index (Phi) is 4.74. The molecule has 7 heteroatoms. The smallest absolute Gasteiger partial charge is 0.263 e. The minimum atomic E-state index is -3.58. The first kappa shape index (κ1) is 15.0. The molecule has 0 spiro atoms. The summed E-state index contributed by atoms with van der Waals surface area (Å²) in [6.45, 7) is 4.85. The first-order chi connectivity index (χ1) is 9.53. The maximum atomic E-state index is 12.3. The van der Waals surface area contributed by atoms with Gasteiger partial charge in [-0.05, 0) is 31.2 Å². The molecule has 0 saturated carbocycles. The van der Waals surface area contributed by atoms with Crippen molar-refractivity contribution in [2.45, 2.75) is 24.8 Å². The summed E-state index contributed by atoms with van der Waals surface area (Å²) in [6, 6.07) is 7.03. The molecule has 0 bridgehead atoms. The van der Waals surface area contributed by atoms with Gasteiger partial charge in [0.1, 0.15) is 0 Å². The molecule has 1 aromatic carbocycles. The van der Waals surface area contributed by atoms with Gasteiger partial charge in [-0.25, -0.2) is 13.4 Å². The molecule has 108 valence electrons. The summed E-state index contributed by atoms with van der Waals surface area (Å²) in [5.41, 5.74) is 0.939. The van der Waals surface area contributed by atoms with E-state index < -0.39 is 10.0 Å². The number of thiazole rings is 1. The Morgan fingerprint density at radius 1 is 1.40 bits per heavy atom. The molecule has 0 aliphatic heterocycles. The van der Waals surface area contributed by atoms with E-state index in [-0.39, 0.29) is 10.9 Å². The minimum Gasteiger partial charge on any atom is -0.310 e. The second kappa shape index (κ2) is 6.34. The van der Waals surface area contributed by atoms with Crippen LogP contribution in [0.2, 0.25) is 0 Å². The summed E-state index contributed by atoms with van der Waals surface area (Å²) in [6.07, 6.45) is 1.56. The molecule has 1 atom stereocenters. The van der Waals surface area contributed by atoms with Gasteiger partial charge in [0.2, 0.25) is 0 Å². The number of nitrogens with zero attached hydrogens (tertiary/aromatic N) is 1. The van der Waals surface area contributed by atoms with Gasteiger partial charge >= 0.3 is 0 Å². The highest BCUT2D eigenvalue weighted by molar-refractivity contribution is 7.93. The molecule has 0 saturated heterocycles. The Balaban J connectivity index is 2.25. The first-order valence-electron chi connectivity index (χ1n) is 6.28. The summed E-state index contributed by atoms with van der Waals surface area (Å²) in [5, 5.41) is 5.35. The van der Waals surface area contributed by atoms with Gasteiger partial charge in [-0.3, -0.25) is 4.72 Å². The number of hydrogen-bond donors (Lipinski definition) is 2. The molecular weight excluding hydrogens is 294 g/mol. The van der Waals surface area contributed by atoms with Crippen LogP contribution in [0.15, 0.2) is 40.7 Å². The maximum Gasteiger partial charge on any atom is 0.263 e. The molecule has 1 aromatic heterocycles. The molecule has 1 unspecified atom stereocenters. The molecule has 0 radical (unpaired) electrons. The van der Waals surface area contributed by atoms with Crippen LogP contribution in [0.3, 0.4) is 0 Å². The maximum absolute atomic E-state index is 12.3. The van der Waals surface area contributed by atoms with E-state index in [4.69, 9.17) is 0 Å². The summed E-state index contributed by atoms with van der Waals surface area (Å²) in [5.74, 6) is 0. The number of hydrogen-bond acceptors (Lipinski definition) is 5. The second-order valence-electron chi connectivity index (χ2n) is 4.29. The highest BCUT2D eigenvalue weighted by Gasteiger charge is 2.16. The summed E-state index contributed by atoms with van der Waals surface area (Å²) in [7, 11) is -3.58. The molecule has 20 heavy (non-hydrogen) atoms. The van der Waals surface area contributed by atoms with Gasteiger partial charge in [0, 0.05) is 17.6 Å². The van der Waals surface area contributed by atoms with Crippen LogP contribution in [-0.4, -0.2) is 19.9 Å². The number of sulfonamides is 1. The number of nitrogens with one attached hydrogen (secondary N) is 2. The predicted molar refractivity (Wildman–Crippen MR) is 81.5 cm³/mol. The highest BCUT2D eigenvalue weighted by Crippen LogP contribution is 2.21. The number of anilines is 1. The zero-order valence-corrected chi connectivity index (χ0v) is 13.0. The van der Waals surface area contributed by atoms with Crippen LogP contribution >= 0.6 is 11.3 Å². The van der Waals surface area contributed by atoms with Crippen molar-refractivity contribution in [2.24, 2.45) is 0 Å². The van der Waals surface area contributed by atoms with E-state index >= 15 is 0 Å². The number of benzene rings is 1. The number of aromatic nitrogens is 1. The molecule has 2 rings (SSSR count). The van der Waals surface area contributed by atoms with Crippen molar-refractivity contribution in [3.63, 3.8) is 0 Å². The molecule has 0 fully saturated rings. The Labute approximate surface area is 123 Å². The largest absolute Gasteiger partial charge is 0.310 e. The molecule has 0 amide bonds. The van der Waals surface area contributed by atoms with Crippen LogP contribution in [0.4, 0.5) is 5.13 Å². The lowest BCUT2D eigenvalue weighted by atomic mass is 10.1. The van der Waals surface area contributed by atoms with Gasteiger partial charge in [-0.2, -0.15) is 0 Å². The third-order valence-corrected chi connectivity index (χ3v) is 4.99. The van der Waals surface area contributed by atoms with E-state index in [0.29, 0.717) is 5.13 Å². The monoisotopic (exact) mass is 311 g/mol. The normalized spacial score (nSPS) is 13.1. The fraction of sp³-hybridized carbons (Fsp3) is 0.308. The van der Waals surface area contributed by atoms with E-state index in [1.807, 2.05) is 19.9 Å². The molecule has 5 nitrogen and oxygen atoms in total. The van der Waals surface area contributed by atoms with Crippen LogP contribution in [-0.2, 0) is 10.0 Å². The van der Waals surface area contributed by atoms with Crippen molar-refractivity contribution in [1.29, 1.82) is 0 Å². The van der Waals surface area contributed by atoms with Gasteiger partial charge in [0.05, 0.1) is 4.90 Å². The van der Waals surface area contributed by atoms with E-state index in [0.717, 1.165) is 12.1 Å². The molecule has 2 N–H and O–H groups in total. The average molecular weight is 311 g/mol. The van der Waals surface area contributed by atoms with Gasteiger partial charge in [-0.15, -0.1) is 11.3 Å². The average Bonchev–Trinajstić information content (AvgIpc) is 2.91. The van der Waals surface area contributed by atoms with Crippen LogP contribution in [0.25, 0.3) is 0 Å². The van der Waals surface area contributed by atoms with Crippen molar-refractivity contribution in [3.8, 4) is 0 Å². The summed E-state index contributed by atoms with van der Waals surface area (Å²) >= 11 is 1.25. The zero-order valence-electron chi connectivity index (χ0n) is 11.3. The van der Waals surface area contributed by atoms with Gasteiger partial charge in [0.25, 0.3) is 10.0 Å². The fourth-order valence-electron chi connectivity index (χ4n) is 1.82. The van der Waals surface area contributed by atoms with Gasteiger partial charge in [0.15, 0.2) is 5.13 Å². The van der Waals surface area contributed by atoms with E-state index in [9.17, 15) is 8.42 Å². The third-order valence-electron chi connectivity index (χ3n) is 2.83. The number of rotatable bonds is 6. The van der Waals surface area contributed by atoms with Crippen LogP contribution in [0.1, 0.15) is 25.5 Å². The Morgan fingerprint density at radius 3 is 2.85 bits per heavy atom. The van der Waals surface area contributed by atoms with Crippen LogP contribution in [0.5, 0.6) is 0 Å². The lowest BCUT2D eigenvalue weighted by Crippen LogP contribution is -2.18. The van der Waals surface area contributed by atoms with Crippen LogP contribution in [0, 0.1) is 0 Å². The standard InChI is InChI=1S/C13H17N3O2S2/c1-3-14-10(2)11-5-4-6-12(9-11)20(17,18)16-13-15-7-8-19-13/h4-10,14H,3H2,1-2H3,(H,15,16). The highest BCUT2D eigenvalue weighted by atomic mass is 32.2. The van der Waals surface area contributed by atoms with Crippen LogP contribution < -0.4 is 10.0 Å². The SMILES string of the molecule is CCNC(C)c1cccc(S(=O)(=O)Nc2nccs2)c1. The van der Waals surface area contributed by atoms with Crippen molar-refractivity contribution in [2.75, 3.05) is 11.3 Å². The zero-order chi connectivity index (χ0) is 14.6. The van der Waals surface area contributed by atoms with E-state index in [1.165, 1.54) is 11.3 Å². The van der Waals surface area contributed by atoms with E-state index in [2.05, 4.69) is 15.0 Å². The first-order valence-corrected chi connectivity index (χ1v) is 8.65. The lowest BCUT2D eigenvalue weighted by Gasteiger charge is -2.14. The summed E-state index contributed by atoms with van der Waals surface area (Å²) in [4.78, 5) is 4.18. The predicted octanol–water partition coefficient (Wildman–Crippen LogP) is 2.61. The van der Waals surface area contributed by atoms with Gasteiger partial charge in [-0.1, -0.05) is 19.1 Å². The van der Waals surface area contributed by atoms with Crippen molar-refractivity contribution >= 4 is 26.5 Å². The summed E-state index contributed by atoms with van der Waals surface area (Å²) < 4.78 is 27.0. The molecule has 0 aliphatic carbocycles. The Hall–Kier alpha value is -1.44. The van der Waals surface area contributed by atoms with Crippen molar-refractivity contribution in [3.05, 3.63) is 41.4 Å². The minimum absolute atomic E-state index is 0.106. The Morgan fingerprint density at radius 2 is 2.20 bits per heavy atom. The quantitative estimate of drug-likeness (QED) is 0.860. The molecule has 2 aromatic rings. The van der Waals surface area contributed by atoms with Crippen molar-refractivity contribution < 1.29 is 8.42 Å². The fourth-order valence-corrected chi connectivity index (χ4v) is 3.67. The van der Waals surface area contributed by atoms with Gasteiger partial charge < -0.3 is 5.32 Å². The third kappa shape index (κ3) is 3.56. The molecular formula is C13H17N3O2S2.